The first-order valence-corrected chi connectivity index (χ1v) is 4.60. The molecule has 16 heavy (non-hydrogen) atoms. The Hall–Kier alpha value is -1.96. The quantitative estimate of drug-likeness (QED) is 0.860. The van der Waals surface area contributed by atoms with E-state index in [2.05, 4.69) is 0 Å². The molecule has 3 nitrogen and oxygen atoms in total. The number of rotatable bonds is 3. The van der Waals surface area contributed by atoms with Crippen LogP contribution in [0.15, 0.2) is 12.1 Å². The largest absolute Gasteiger partial charge is 0.478 e. The van der Waals surface area contributed by atoms with E-state index in [1.807, 2.05) is 0 Å². The van der Waals surface area contributed by atoms with Crippen LogP contribution >= 0.6 is 0 Å². The maximum absolute atomic E-state index is 12.8. The smallest absolute Gasteiger partial charge is 0.336 e. The first-order valence-electron chi connectivity index (χ1n) is 4.60. The number of hydrogen-bond donors (Lipinski definition) is 1. The molecule has 0 fully saturated rings. The van der Waals surface area contributed by atoms with Crippen LogP contribution in [0.25, 0.3) is 0 Å². The second kappa shape index (κ2) is 4.71. The van der Waals surface area contributed by atoms with Gasteiger partial charge in [-0.1, -0.05) is 6.92 Å². The topological polar surface area (TPSA) is 61.1 Å². The monoisotopic (exact) mass is 225 g/mol. The van der Waals surface area contributed by atoms with Crippen molar-refractivity contribution >= 4 is 5.97 Å². The number of aromatic carboxylic acids is 1. The summed E-state index contributed by atoms with van der Waals surface area (Å²) in [6, 6.07) is 4.08. The van der Waals surface area contributed by atoms with Crippen molar-refractivity contribution in [3.8, 4) is 6.07 Å². The molecular weight excluding hydrogens is 216 g/mol. The highest BCUT2D eigenvalue weighted by Crippen LogP contribution is 2.29. The van der Waals surface area contributed by atoms with Gasteiger partial charge >= 0.3 is 5.97 Å². The summed E-state index contributed by atoms with van der Waals surface area (Å²) in [5, 5.41) is 17.5. The minimum atomic E-state index is -2.89. The molecule has 5 heteroatoms. The average Bonchev–Trinajstić information content (AvgIpc) is 2.26. The zero-order valence-electron chi connectivity index (χ0n) is 8.50. The zero-order chi connectivity index (χ0) is 12.3. The number of alkyl halides is 2. The molecule has 84 valence electrons. The van der Waals surface area contributed by atoms with E-state index in [0.29, 0.717) is 0 Å². The highest BCUT2D eigenvalue weighted by Gasteiger charge is 2.23. The molecule has 0 heterocycles. The Morgan fingerprint density at radius 1 is 1.56 bits per heavy atom. The number of benzene rings is 1. The van der Waals surface area contributed by atoms with Crippen LogP contribution in [0.2, 0.25) is 0 Å². The molecule has 0 aliphatic carbocycles. The van der Waals surface area contributed by atoms with Crippen LogP contribution < -0.4 is 0 Å². The van der Waals surface area contributed by atoms with Crippen LogP contribution in [0.3, 0.4) is 0 Å². The molecule has 1 aromatic rings. The lowest BCUT2D eigenvalue weighted by Gasteiger charge is -2.11. The predicted molar refractivity (Wildman–Crippen MR) is 52.5 cm³/mol. The second-order valence-corrected chi connectivity index (χ2v) is 3.12. The van der Waals surface area contributed by atoms with Gasteiger partial charge in [0.1, 0.15) is 0 Å². The van der Waals surface area contributed by atoms with Crippen LogP contribution in [0.4, 0.5) is 8.78 Å². The van der Waals surface area contributed by atoms with E-state index in [9.17, 15) is 13.6 Å². The third-order valence-corrected chi connectivity index (χ3v) is 2.28. The maximum Gasteiger partial charge on any atom is 0.336 e. The number of carboxylic acid groups (broad SMARTS) is 1. The van der Waals surface area contributed by atoms with Crippen molar-refractivity contribution in [1.29, 1.82) is 5.26 Å². The number of hydrogen-bond acceptors (Lipinski definition) is 2. The molecule has 0 radical (unpaired) electrons. The van der Waals surface area contributed by atoms with Crippen LogP contribution in [0.5, 0.6) is 0 Å². The van der Waals surface area contributed by atoms with Crippen molar-refractivity contribution in [1.82, 2.24) is 0 Å². The van der Waals surface area contributed by atoms with Crippen LogP contribution in [0, 0.1) is 11.3 Å². The van der Waals surface area contributed by atoms with Gasteiger partial charge in [0.15, 0.2) is 0 Å². The second-order valence-electron chi connectivity index (χ2n) is 3.12. The fraction of sp³-hybridized carbons (Fsp3) is 0.273. The average molecular weight is 225 g/mol. The molecule has 0 amide bonds. The standard InChI is InChI=1S/C11H9F2NO2/c1-2-7-6(5-14)3-4-8(11(15)16)9(7)10(12)13/h3-4,10H,2H2,1H3,(H,15,16). The van der Waals surface area contributed by atoms with Gasteiger partial charge in [0.05, 0.1) is 17.2 Å². The lowest BCUT2D eigenvalue weighted by Crippen LogP contribution is -2.08. The Kier molecular flexibility index (Phi) is 3.56. The Morgan fingerprint density at radius 3 is 2.56 bits per heavy atom. The Morgan fingerprint density at radius 2 is 2.19 bits per heavy atom. The lowest BCUT2D eigenvalue weighted by molar-refractivity contribution is 0.0684. The molecular formula is C11H9F2NO2. The first-order chi connectivity index (χ1) is 7.52. The van der Waals surface area contributed by atoms with Gasteiger partial charge < -0.3 is 5.11 Å². The molecule has 0 saturated heterocycles. The molecule has 0 saturated carbocycles. The van der Waals surface area contributed by atoms with E-state index in [-0.39, 0.29) is 17.5 Å². The summed E-state index contributed by atoms with van der Waals surface area (Å²) in [6.07, 6.45) is -2.70. The molecule has 0 atom stereocenters. The van der Waals surface area contributed by atoms with Crippen LogP contribution in [-0.2, 0) is 6.42 Å². The van der Waals surface area contributed by atoms with Gasteiger partial charge in [-0.25, -0.2) is 13.6 Å². The molecule has 1 rings (SSSR count). The van der Waals surface area contributed by atoms with Gasteiger partial charge in [0.25, 0.3) is 6.43 Å². The van der Waals surface area contributed by atoms with Gasteiger partial charge in [-0.2, -0.15) is 5.26 Å². The SMILES string of the molecule is CCc1c(C#N)ccc(C(=O)O)c1C(F)F. The summed E-state index contributed by atoms with van der Waals surface area (Å²) in [4.78, 5) is 10.8. The van der Waals surface area contributed by atoms with E-state index in [1.54, 1.807) is 13.0 Å². The third-order valence-electron chi connectivity index (χ3n) is 2.28. The maximum atomic E-state index is 12.8. The third kappa shape index (κ3) is 2.01. The normalized spacial score (nSPS) is 10.2. The fourth-order valence-corrected chi connectivity index (χ4v) is 1.59. The molecule has 0 spiro atoms. The minimum absolute atomic E-state index is 0.0998. The molecule has 1 aromatic carbocycles. The number of carbonyl (C=O) groups is 1. The van der Waals surface area contributed by atoms with Crippen molar-refractivity contribution in [2.24, 2.45) is 0 Å². The van der Waals surface area contributed by atoms with E-state index in [0.717, 1.165) is 6.07 Å². The summed E-state index contributed by atoms with van der Waals surface area (Å²) < 4.78 is 25.6. The van der Waals surface area contributed by atoms with Gasteiger partial charge in [-0.15, -0.1) is 0 Å². The van der Waals surface area contributed by atoms with Crippen molar-refractivity contribution in [3.05, 3.63) is 34.4 Å². The Bertz CT molecular complexity index is 464. The predicted octanol–water partition coefficient (Wildman–Crippen LogP) is 2.76. The number of nitriles is 1. The van der Waals surface area contributed by atoms with Gasteiger partial charge in [-0.3, -0.25) is 0 Å². The molecule has 0 unspecified atom stereocenters. The van der Waals surface area contributed by atoms with Crippen molar-refractivity contribution in [2.45, 2.75) is 19.8 Å². The zero-order valence-corrected chi connectivity index (χ0v) is 8.50. The van der Waals surface area contributed by atoms with Crippen LogP contribution in [0.1, 0.15) is 40.4 Å². The first kappa shape index (κ1) is 12.1. The van der Waals surface area contributed by atoms with E-state index < -0.39 is 23.5 Å². The summed E-state index contributed by atoms with van der Waals surface area (Å²) >= 11 is 0. The highest BCUT2D eigenvalue weighted by molar-refractivity contribution is 5.90. The molecule has 0 aliphatic rings. The molecule has 0 aromatic heterocycles. The van der Waals surface area contributed by atoms with E-state index in [1.165, 1.54) is 6.07 Å². The molecule has 0 bridgehead atoms. The molecule has 0 aliphatic heterocycles. The number of carboxylic acids is 1. The summed E-state index contributed by atoms with van der Waals surface area (Å²) in [5.74, 6) is -1.41. The van der Waals surface area contributed by atoms with Crippen molar-refractivity contribution < 1.29 is 18.7 Å². The Labute approximate surface area is 90.9 Å². The van der Waals surface area contributed by atoms with E-state index >= 15 is 0 Å². The lowest BCUT2D eigenvalue weighted by atomic mass is 9.95. The fourth-order valence-electron chi connectivity index (χ4n) is 1.59. The summed E-state index contributed by atoms with van der Waals surface area (Å²) in [7, 11) is 0. The van der Waals surface area contributed by atoms with Gasteiger partial charge in [-0.05, 0) is 24.1 Å². The van der Waals surface area contributed by atoms with E-state index in [4.69, 9.17) is 10.4 Å². The highest BCUT2D eigenvalue weighted by atomic mass is 19.3. The van der Waals surface area contributed by atoms with Crippen molar-refractivity contribution in [3.63, 3.8) is 0 Å². The van der Waals surface area contributed by atoms with Gasteiger partial charge in [0.2, 0.25) is 0 Å². The summed E-state index contributed by atoms with van der Waals surface area (Å²) in [5.41, 5.74) is -0.778. The molecule has 1 N–H and O–H groups in total. The Balaban J connectivity index is 3.58. The van der Waals surface area contributed by atoms with Crippen molar-refractivity contribution in [2.75, 3.05) is 0 Å². The van der Waals surface area contributed by atoms with Gasteiger partial charge in [0, 0.05) is 5.56 Å². The number of halogens is 2. The minimum Gasteiger partial charge on any atom is -0.478 e. The summed E-state index contributed by atoms with van der Waals surface area (Å²) in [6.45, 7) is 1.60. The number of nitrogens with zero attached hydrogens (tertiary/aromatic N) is 1. The van der Waals surface area contributed by atoms with Crippen LogP contribution in [-0.4, -0.2) is 11.1 Å².